The number of ether oxygens (including phenoxy) is 1. The molecule has 2 aromatic rings. The number of nitrogens with one attached hydrogen (secondary N) is 1. The molecular formula is C13H14ClN3O3S. The van der Waals surface area contributed by atoms with E-state index in [9.17, 15) is 9.59 Å². The molecule has 2 heterocycles. The summed E-state index contributed by atoms with van der Waals surface area (Å²) in [6.45, 7) is 1.03. The van der Waals surface area contributed by atoms with Crippen LogP contribution in [0.2, 0.25) is 4.34 Å². The van der Waals surface area contributed by atoms with E-state index in [2.05, 4.69) is 10.4 Å². The molecule has 1 amide bonds. The van der Waals surface area contributed by atoms with E-state index in [4.69, 9.17) is 16.3 Å². The van der Waals surface area contributed by atoms with Crippen molar-refractivity contribution in [2.75, 3.05) is 13.7 Å². The van der Waals surface area contributed by atoms with Crippen LogP contribution < -0.4 is 10.9 Å². The van der Waals surface area contributed by atoms with E-state index in [1.54, 1.807) is 6.07 Å². The maximum absolute atomic E-state index is 12.0. The van der Waals surface area contributed by atoms with Crippen LogP contribution in [-0.2, 0) is 17.8 Å². The van der Waals surface area contributed by atoms with Crippen molar-refractivity contribution in [3.05, 3.63) is 49.5 Å². The third-order valence-electron chi connectivity index (χ3n) is 2.66. The number of nitrogens with zero attached hydrogens (tertiary/aromatic N) is 2. The molecule has 112 valence electrons. The molecule has 0 aliphatic heterocycles. The third-order valence-corrected chi connectivity index (χ3v) is 3.89. The van der Waals surface area contributed by atoms with E-state index in [0.717, 1.165) is 4.88 Å². The molecule has 21 heavy (non-hydrogen) atoms. The van der Waals surface area contributed by atoms with Gasteiger partial charge in [-0.05, 0) is 18.2 Å². The summed E-state index contributed by atoms with van der Waals surface area (Å²) in [5.41, 5.74) is -0.0815. The summed E-state index contributed by atoms with van der Waals surface area (Å²) in [6.07, 6.45) is 0. The molecule has 0 fully saturated rings. The van der Waals surface area contributed by atoms with Crippen molar-refractivity contribution >= 4 is 28.8 Å². The second-order valence-electron chi connectivity index (χ2n) is 4.16. The minimum absolute atomic E-state index is 0.188. The zero-order chi connectivity index (χ0) is 15.2. The van der Waals surface area contributed by atoms with Crippen LogP contribution in [0.25, 0.3) is 0 Å². The summed E-state index contributed by atoms with van der Waals surface area (Å²) in [5.74, 6) is -0.342. The first kappa shape index (κ1) is 15.7. The van der Waals surface area contributed by atoms with Gasteiger partial charge in [0.2, 0.25) is 0 Å². The fourth-order valence-electron chi connectivity index (χ4n) is 1.61. The van der Waals surface area contributed by atoms with Crippen molar-refractivity contribution in [1.82, 2.24) is 15.1 Å². The van der Waals surface area contributed by atoms with Gasteiger partial charge in [-0.2, -0.15) is 5.10 Å². The Bertz CT molecular complexity index is 683. The van der Waals surface area contributed by atoms with Crippen LogP contribution in [0.5, 0.6) is 0 Å². The molecule has 0 aliphatic rings. The quantitative estimate of drug-likeness (QED) is 0.873. The Morgan fingerprint density at radius 1 is 1.43 bits per heavy atom. The summed E-state index contributed by atoms with van der Waals surface area (Å²) in [5, 5.41) is 6.75. The lowest BCUT2D eigenvalue weighted by Crippen LogP contribution is -2.30. The van der Waals surface area contributed by atoms with Crippen molar-refractivity contribution in [2.24, 2.45) is 0 Å². The van der Waals surface area contributed by atoms with Crippen LogP contribution in [0.1, 0.15) is 15.4 Å². The predicted octanol–water partition coefficient (Wildman–Crippen LogP) is 1.53. The predicted molar refractivity (Wildman–Crippen MR) is 80.9 cm³/mol. The van der Waals surface area contributed by atoms with Crippen molar-refractivity contribution in [2.45, 2.75) is 13.1 Å². The second-order valence-corrected chi connectivity index (χ2v) is 5.96. The van der Waals surface area contributed by atoms with Crippen LogP contribution >= 0.6 is 22.9 Å². The Kier molecular flexibility index (Phi) is 5.49. The van der Waals surface area contributed by atoms with Crippen LogP contribution in [0.4, 0.5) is 0 Å². The van der Waals surface area contributed by atoms with E-state index in [1.165, 1.54) is 35.3 Å². The average Bonchev–Trinajstić information content (AvgIpc) is 2.89. The van der Waals surface area contributed by atoms with Gasteiger partial charge in [-0.15, -0.1) is 11.3 Å². The van der Waals surface area contributed by atoms with E-state index >= 15 is 0 Å². The van der Waals surface area contributed by atoms with Crippen molar-refractivity contribution in [3.8, 4) is 0 Å². The first-order valence-corrected chi connectivity index (χ1v) is 7.39. The molecule has 0 unspecified atom stereocenters. The molecule has 0 aliphatic carbocycles. The SMILES string of the molecule is COCCn1nc(C(=O)NCc2ccc(Cl)s2)ccc1=O. The van der Waals surface area contributed by atoms with Gasteiger partial charge in [0.25, 0.3) is 11.5 Å². The molecule has 6 nitrogen and oxygen atoms in total. The van der Waals surface area contributed by atoms with Crippen LogP contribution in [-0.4, -0.2) is 29.4 Å². The maximum Gasteiger partial charge on any atom is 0.272 e. The van der Waals surface area contributed by atoms with Gasteiger partial charge in [0, 0.05) is 18.1 Å². The van der Waals surface area contributed by atoms with Crippen molar-refractivity contribution < 1.29 is 9.53 Å². The Hall–Kier alpha value is -1.70. The smallest absolute Gasteiger partial charge is 0.272 e. The monoisotopic (exact) mass is 327 g/mol. The molecular weight excluding hydrogens is 314 g/mol. The van der Waals surface area contributed by atoms with Crippen LogP contribution in [0.3, 0.4) is 0 Å². The van der Waals surface area contributed by atoms with E-state index < -0.39 is 0 Å². The Morgan fingerprint density at radius 3 is 2.90 bits per heavy atom. The molecule has 2 aromatic heterocycles. The highest BCUT2D eigenvalue weighted by molar-refractivity contribution is 7.16. The van der Waals surface area contributed by atoms with Crippen LogP contribution in [0, 0.1) is 0 Å². The average molecular weight is 328 g/mol. The zero-order valence-corrected chi connectivity index (χ0v) is 12.9. The molecule has 0 saturated heterocycles. The van der Waals surface area contributed by atoms with E-state index in [1.807, 2.05) is 6.07 Å². The van der Waals surface area contributed by atoms with Gasteiger partial charge in [-0.1, -0.05) is 11.6 Å². The topological polar surface area (TPSA) is 73.2 Å². The third kappa shape index (κ3) is 4.38. The van der Waals surface area contributed by atoms with E-state index in [0.29, 0.717) is 24.0 Å². The number of aromatic nitrogens is 2. The van der Waals surface area contributed by atoms with Gasteiger partial charge in [0.15, 0.2) is 0 Å². The van der Waals surface area contributed by atoms with Gasteiger partial charge in [-0.3, -0.25) is 9.59 Å². The molecule has 0 saturated carbocycles. The molecule has 1 N–H and O–H groups in total. The molecule has 0 radical (unpaired) electrons. The fourth-order valence-corrected chi connectivity index (χ4v) is 2.64. The Morgan fingerprint density at radius 2 is 2.24 bits per heavy atom. The lowest BCUT2D eigenvalue weighted by atomic mass is 10.3. The van der Waals surface area contributed by atoms with E-state index in [-0.39, 0.29) is 17.2 Å². The molecule has 0 spiro atoms. The summed E-state index contributed by atoms with van der Waals surface area (Å²) in [6, 6.07) is 6.35. The Labute approximate surface area is 130 Å². The standard InChI is InChI=1S/C13H14ClN3O3S/c1-20-7-6-17-12(18)5-3-10(16-17)13(19)15-8-9-2-4-11(14)21-9/h2-5H,6-8H2,1H3,(H,15,19). The normalized spacial score (nSPS) is 10.6. The highest BCUT2D eigenvalue weighted by atomic mass is 35.5. The first-order chi connectivity index (χ1) is 10.1. The molecule has 0 aromatic carbocycles. The molecule has 8 heteroatoms. The molecule has 2 rings (SSSR count). The number of amides is 1. The number of thiophene rings is 1. The second kappa shape index (κ2) is 7.35. The summed E-state index contributed by atoms with van der Waals surface area (Å²) in [4.78, 5) is 24.5. The van der Waals surface area contributed by atoms with Gasteiger partial charge < -0.3 is 10.1 Å². The zero-order valence-electron chi connectivity index (χ0n) is 11.3. The van der Waals surface area contributed by atoms with Gasteiger partial charge in [0.1, 0.15) is 5.69 Å². The van der Waals surface area contributed by atoms with Gasteiger partial charge in [-0.25, -0.2) is 4.68 Å². The first-order valence-electron chi connectivity index (χ1n) is 6.19. The minimum atomic E-state index is -0.342. The van der Waals surface area contributed by atoms with Crippen molar-refractivity contribution in [1.29, 1.82) is 0 Å². The highest BCUT2D eigenvalue weighted by Crippen LogP contribution is 2.20. The molecule has 0 bridgehead atoms. The largest absolute Gasteiger partial charge is 0.383 e. The number of carbonyl (C=O) groups excluding carboxylic acids is 1. The summed E-state index contributed by atoms with van der Waals surface area (Å²) >= 11 is 7.22. The Balaban J connectivity index is 2.03. The number of hydrogen-bond acceptors (Lipinski definition) is 5. The number of hydrogen-bond donors (Lipinski definition) is 1. The number of carbonyl (C=O) groups is 1. The van der Waals surface area contributed by atoms with Gasteiger partial charge in [0.05, 0.1) is 24.0 Å². The van der Waals surface area contributed by atoms with Gasteiger partial charge >= 0.3 is 0 Å². The van der Waals surface area contributed by atoms with Crippen molar-refractivity contribution in [3.63, 3.8) is 0 Å². The van der Waals surface area contributed by atoms with Crippen LogP contribution in [0.15, 0.2) is 29.1 Å². The molecule has 0 atom stereocenters. The number of halogens is 1. The maximum atomic E-state index is 12.0. The summed E-state index contributed by atoms with van der Waals surface area (Å²) in [7, 11) is 1.54. The minimum Gasteiger partial charge on any atom is -0.383 e. The number of methoxy groups -OCH3 is 1. The lowest BCUT2D eigenvalue weighted by molar-refractivity contribution is 0.0942. The fraction of sp³-hybridized carbons (Fsp3) is 0.308. The number of rotatable bonds is 6. The summed E-state index contributed by atoms with van der Waals surface area (Å²) < 4.78 is 6.78. The highest BCUT2D eigenvalue weighted by Gasteiger charge is 2.10. The lowest BCUT2D eigenvalue weighted by Gasteiger charge is -2.06.